The van der Waals surface area contributed by atoms with E-state index in [1.807, 2.05) is 0 Å². The summed E-state index contributed by atoms with van der Waals surface area (Å²) in [6, 6.07) is 8.34. The number of benzene rings is 2. The zero-order chi connectivity index (χ0) is 20.9. The van der Waals surface area contributed by atoms with E-state index in [9.17, 15) is 47.9 Å². The molecule has 0 aliphatic heterocycles. The minimum Gasteiger partial charge on any atom is -0.377 e. The van der Waals surface area contributed by atoms with Crippen LogP contribution in [-0.2, 0) is 10.1 Å². The Hall–Kier alpha value is -2.18. The second kappa shape index (κ2) is 6.17. The Labute approximate surface area is 145 Å². The van der Waals surface area contributed by atoms with Gasteiger partial charge in [-0.05, 0) is 11.5 Å². The smallest absolute Gasteiger partial charge is 0.377 e. The van der Waals surface area contributed by atoms with Crippen molar-refractivity contribution in [1.82, 2.24) is 0 Å². The van der Waals surface area contributed by atoms with Gasteiger partial charge in [0, 0.05) is 5.39 Å². The number of hydrogen-bond donors (Lipinski definition) is 0. The summed E-state index contributed by atoms with van der Waals surface area (Å²) in [6.07, 6.45) is -7.14. The first kappa shape index (κ1) is 21.1. The topological polar surface area (TPSA) is 43.4 Å². The maximum atomic E-state index is 13.6. The molecule has 0 unspecified atom stereocenters. The van der Waals surface area contributed by atoms with Crippen LogP contribution in [-0.4, -0.2) is 31.7 Å². The van der Waals surface area contributed by atoms with E-state index < -0.39 is 39.1 Å². The Kier molecular flexibility index (Phi) is 4.83. The zero-order valence-corrected chi connectivity index (χ0v) is 13.4. The quantitative estimate of drug-likeness (QED) is 0.501. The number of alkyl halides is 9. The summed E-state index contributed by atoms with van der Waals surface area (Å²) in [6.45, 7) is 0. The van der Waals surface area contributed by atoms with Gasteiger partial charge in [-0.2, -0.15) is 47.9 Å². The summed E-state index contributed by atoms with van der Waals surface area (Å²) < 4.78 is 143. The van der Waals surface area contributed by atoms with Crippen molar-refractivity contribution in [2.45, 2.75) is 23.3 Å². The van der Waals surface area contributed by atoms with E-state index in [1.54, 1.807) is 0 Å². The van der Waals surface area contributed by atoms with Crippen LogP contribution in [0.4, 0.5) is 39.5 Å². The van der Waals surface area contributed by atoms with Crippen LogP contribution in [0.1, 0.15) is 0 Å². The molecule has 0 saturated heterocycles. The van der Waals surface area contributed by atoms with Crippen LogP contribution in [0.2, 0.25) is 0 Å². The van der Waals surface area contributed by atoms with Crippen molar-refractivity contribution in [3.8, 4) is 5.75 Å². The molecule has 0 atom stereocenters. The molecule has 2 aromatic rings. The van der Waals surface area contributed by atoms with Crippen molar-refractivity contribution in [1.29, 1.82) is 0 Å². The van der Waals surface area contributed by atoms with Crippen LogP contribution < -0.4 is 4.18 Å². The van der Waals surface area contributed by atoms with E-state index >= 15 is 0 Å². The molecule has 0 spiro atoms. The van der Waals surface area contributed by atoms with E-state index in [2.05, 4.69) is 4.18 Å². The van der Waals surface area contributed by atoms with Crippen LogP contribution >= 0.6 is 0 Å². The molecule has 2 rings (SSSR count). The average Bonchev–Trinajstić information content (AvgIpc) is 2.53. The largest absolute Gasteiger partial charge is 0.460 e. The number of fused-ring (bicyclic) bond motifs is 1. The van der Waals surface area contributed by atoms with Crippen molar-refractivity contribution in [3.05, 3.63) is 42.5 Å². The SMILES string of the molecule is O=S(=O)(Oc1cccc2ccccc12)C(F)(F)C(F)(F)C(F)(F)C(F)(F)F. The van der Waals surface area contributed by atoms with Crippen LogP contribution in [0, 0.1) is 0 Å². The first-order chi connectivity index (χ1) is 12.1. The van der Waals surface area contributed by atoms with Gasteiger partial charge in [-0.15, -0.1) is 0 Å². The van der Waals surface area contributed by atoms with Gasteiger partial charge in [0.1, 0.15) is 0 Å². The maximum absolute atomic E-state index is 13.6. The van der Waals surface area contributed by atoms with E-state index in [-0.39, 0.29) is 10.8 Å². The van der Waals surface area contributed by atoms with Crippen molar-refractivity contribution < 1.29 is 52.1 Å². The molecule has 0 amide bonds. The molecule has 3 nitrogen and oxygen atoms in total. The first-order valence-corrected chi connectivity index (χ1v) is 8.09. The molecular formula is C14H7F9O3S. The molecule has 0 bridgehead atoms. The second-order valence-electron chi connectivity index (χ2n) is 5.18. The second-order valence-corrected chi connectivity index (χ2v) is 6.77. The van der Waals surface area contributed by atoms with E-state index in [4.69, 9.17) is 0 Å². The number of rotatable bonds is 5. The molecule has 0 aliphatic carbocycles. The monoisotopic (exact) mass is 426 g/mol. The fourth-order valence-corrected chi connectivity index (χ4v) is 2.89. The molecule has 13 heteroatoms. The summed E-state index contributed by atoms with van der Waals surface area (Å²) in [7, 11) is -6.97. The highest BCUT2D eigenvalue weighted by atomic mass is 32.2. The summed E-state index contributed by atoms with van der Waals surface area (Å²) in [5.41, 5.74) is 0. The van der Waals surface area contributed by atoms with Gasteiger partial charge < -0.3 is 4.18 Å². The molecular weight excluding hydrogens is 419 g/mol. The number of hydrogen-bond acceptors (Lipinski definition) is 3. The first-order valence-electron chi connectivity index (χ1n) is 6.68. The molecule has 0 aliphatic rings. The van der Waals surface area contributed by atoms with Crippen LogP contribution in [0.25, 0.3) is 10.8 Å². The predicted octanol–water partition coefficient (Wildman–Crippen LogP) is 4.97. The lowest BCUT2D eigenvalue weighted by molar-refractivity contribution is -0.382. The van der Waals surface area contributed by atoms with Crippen molar-refractivity contribution in [3.63, 3.8) is 0 Å². The minimum atomic E-state index is -7.35. The van der Waals surface area contributed by atoms with Gasteiger partial charge in [0.05, 0.1) is 0 Å². The highest BCUT2D eigenvalue weighted by Crippen LogP contribution is 2.55. The van der Waals surface area contributed by atoms with Crippen LogP contribution in [0.3, 0.4) is 0 Å². The Bertz CT molecular complexity index is 946. The zero-order valence-electron chi connectivity index (χ0n) is 12.6. The molecule has 27 heavy (non-hydrogen) atoms. The summed E-state index contributed by atoms with van der Waals surface area (Å²) in [4.78, 5) is 0. The van der Waals surface area contributed by atoms with Crippen molar-refractivity contribution >= 4 is 20.9 Å². The van der Waals surface area contributed by atoms with Gasteiger partial charge in [-0.1, -0.05) is 36.4 Å². The Balaban J connectivity index is 2.54. The van der Waals surface area contributed by atoms with Crippen molar-refractivity contribution in [2.24, 2.45) is 0 Å². The van der Waals surface area contributed by atoms with Gasteiger partial charge in [0.25, 0.3) is 0 Å². The Morgan fingerprint density at radius 2 is 1.22 bits per heavy atom. The minimum absolute atomic E-state index is 0.190. The van der Waals surface area contributed by atoms with Crippen LogP contribution in [0.15, 0.2) is 42.5 Å². The molecule has 0 fully saturated rings. The molecule has 0 radical (unpaired) electrons. The third-order valence-corrected chi connectivity index (χ3v) is 4.66. The summed E-state index contributed by atoms with van der Waals surface area (Å²) in [5.74, 6) is -15.7. The van der Waals surface area contributed by atoms with Gasteiger partial charge in [0.2, 0.25) is 0 Å². The molecule has 0 aromatic heterocycles. The van der Waals surface area contributed by atoms with E-state index in [0.717, 1.165) is 18.2 Å². The Morgan fingerprint density at radius 1 is 0.704 bits per heavy atom. The lowest BCUT2D eigenvalue weighted by Gasteiger charge is -2.32. The molecule has 0 saturated carbocycles. The van der Waals surface area contributed by atoms with Gasteiger partial charge in [-0.25, -0.2) is 0 Å². The third kappa shape index (κ3) is 3.17. The van der Waals surface area contributed by atoms with Gasteiger partial charge in [0.15, 0.2) is 5.75 Å². The number of halogens is 9. The molecule has 0 N–H and O–H groups in total. The molecule has 2 aromatic carbocycles. The van der Waals surface area contributed by atoms with E-state index in [0.29, 0.717) is 0 Å². The fraction of sp³-hybridized carbons (Fsp3) is 0.286. The summed E-state index contributed by atoms with van der Waals surface area (Å²) in [5, 5.41) is -6.90. The normalized spacial score (nSPS) is 14.4. The third-order valence-electron chi connectivity index (χ3n) is 3.38. The highest BCUT2D eigenvalue weighted by Gasteiger charge is 2.86. The lowest BCUT2D eigenvalue weighted by Crippen LogP contribution is -2.63. The fourth-order valence-electron chi connectivity index (χ4n) is 1.96. The Morgan fingerprint density at radius 3 is 1.78 bits per heavy atom. The van der Waals surface area contributed by atoms with Gasteiger partial charge in [-0.3, -0.25) is 0 Å². The average molecular weight is 426 g/mol. The van der Waals surface area contributed by atoms with Crippen molar-refractivity contribution in [2.75, 3.05) is 0 Å². The molecule has 150 valence electrons. The predicted molar refractivity (Wildman–Crippen MR) is 74.4 cm³/mol. The van der Waals surface area contributed by atoms with Crippen LogP contribution in [0.5, 0.6) is 5.75 Å². The van der Waals surface area contributed by atoms with Gasteiger partial charge >= 0.3 is 33.4 Å². The molecule has 0 heterocycles. The standard InChI is InChI=1S/C14H7F9O3S/c15-11(16,13(19,20)21)12(17,18)14(22,23)27(24,25)26-10-7-3-5-8-4-1-2-6-9(8)10/h1-7H. The van der Waals surface area contributed by atoms with E-state index in [1.165, 1.54) is 24.3 Å². The lowest BCUT2D eigenvalue weighted by atomic mass is 10.1. The highest BCUT2D eigenvalue weighted by molar-refractivity contribution is 7.88. The summed E-state index contributed by atoms with van der Waals surface area (Å²) >= 11 is 0. The maximum Gasteiger partial charge on any atom is 0.460 e.